The number of anilines is 1. The molecule has 28 heavy (non-hydrogen) atoms. The van der Waals surface area contributed by atoms with Gasteiger partial charge in [0.15, 0.2) is 0 Å². The van der Waals surface area contributed by atoms with E-state index in [4.69, 9.17) is 9.92 Å². The van der Waals surface area contributed by atoms with Gasteiger partial charge in [-0.15, -0.1) is 0 Å². The maximum Gasteiger partial charge on any atom is 0.296 e. The molecule has 0 spiro atoms. The Labute approximate surface area is 165 Å². The number of hydrogen-bond donors (Lipinski definition) is 1. The Hall–Kier alpha value is -2.77. The predicted octanol–water partition coefficient (Wildman–Crippen LogP) is 3.21. The van der Waals surface area contributed by atoms with Crippen LogP contribution in [0.4, 0.5) is 5.82 Å². The van der Waals surface area contributed by atoms with Crippen molar-refractivity contribution in [2.24, 2.45) is 0 Å². The molecular weight excluding hydrogens is 374 g/mol. The van der Waals surface area contributed by atoms with Gasteiger partial charge in [-0.2, -0.15) is 8.42 Å². The van der Waals surface area contributed by atoms with Crippen molar-refractivity contribution in [2.75, 3.05) is 12.3 Å². The molecule has 2 N–H and O–H groups in total. The van der Waals surface area contributed by atoms with Gasteiger partial charge in [0.2, 0.25) is 0 Å². The molecule has 0 bridgehead atoms. The molecule has 0 atom stereocenters. The molecule has 0 aliphatic carbocycles. The predicted molar refractivity (Wildman–Crippen MR) is 108 cm³/mol. The van der Waals surface area contributed by atoms with Crippen LogP contribution in [0, 0.1) is 13.8 Å². The fourth-order valence-corrected chi connectivity index (χ4v) is 3.71. The van der Waals surface area contributed by atoms with Crippen molar-refractivity contribution in [3.05, 3.63) is 82.8 Å². The van der Waals surface area contributed by atoms with E-state index in [0.717, 1.165) is 22.3 Å². The molecule has 0 saturated carbocycles. The van der Waals surface area contributed by atoms with Gasteiger partial charge in [-0.25, -0.2) is 9.97 Å². The lowest BCUT2D eigenvalue weighted by Gasteiger charge is -2.09. The van der Waals surface area contributed by atoms with Crippen LogP contribution in [-0.4, -0.2) is 25.0 Å². The number of nitrogen functional groups attached to an aromatic ring is 1. The van der Waals surface area contributed by atoms with E-state index in [0.29, 0.717) is 24.5 Å². The second kappa shape index (κ2) is 8.50. The lowest BCUT2D eigenvalue weighted by atomic mass is 10.0. The summed E-state index contributed by atoms with van der Waals surface area (Å²) in [7, 11) is -3.75. The maximum absolute atomic E-state index is 12.3. The molecule has 6 nitrogen and oxygen atoms in total. The first-order valence-electron chi connectivity index (χ1n) is 8.95. The van der Waals surface area contributed by atoms with Crippen LogP contribution in [0.2, 0.25) is 0 Å². The highest BCUT2D eigenvalue weighted by atomic mass is 32.2. The van der Waals surface area contributed by atoms with Crippen molar-refractivity contribution in [2.45, 2.75) is 31.6 Å². The first kappa shape index (κ1) is 20.0. The third-order valence-electron chi connectivity index (χ3n) is 4.34. The Balaban J connectivity index is 1.62. The molecule has 1 aromatic heterocycles. The summed E-state index contributed by atoms with van der Waals surface area (Å²) in [6.07, 6.45) is 2.84. The van der Waals surface area contributed by atoms with E-state index in [9.17, 15) is 8.42 Å². The summed E-state index contributed by atoms with van der Waals surface area (Å²) in [5, 5.41) is 0. The third-order valence-corrected chi connectivity index (χ3v) is 5.67. The van der Waals surface area contributed by atoms with Crippen LogP contribution in [0.1, 0.15) is 28.1 Å². The first-order valence-corrected chi connectivity index (χ1v) is 10.4. The number of aromatic nitrogens is 2. The molecule has 0 aliphatic heterocycles. The highest BCUT2D eigenvalue weighted by Crippen LogP contribution is 2.17. The highest BCUT2D eigenvalue weighted by molar-refractivity contribution is 7.86. The number of nitrogens with two attached hydrogens (primary N) is 1. The number of hydrogen-bond acceptors (Lipinski definition) is 6. The quantitative estimate of drug-likeness (QED) is 0.615. The van der Waals surface area contributed by atoms with Crippen LogP contribution < -0.4 is 5.73 Å². The molecule has 2 aromatic carbocycles. The van der Waals surface area contributed by atoms with Gasteiger partial charge in [-0.05, 0) is 43.5 Å². The highest BCUT2D eigenvalue weighted by Gasteiger charge is 2.14. The second-order valence-electron chi connectivity index (χ2n) is 6.66. The minimum atomic E-state index is -3.75. The fraction of sp³-hybridized carbons (Fsp3) is 0.238. The molecule has 146 valence electrons. The van der Waals surface area contributed by atoms with Crippen molar-refractivity contribution < 1.29 is 12.6 Å². The van der Waals surface area contributed by atoms with Gasteiger partial charge >= 0.3 is 0 Å². The van der Waals surface area contributed by atoms with Gasteiger partial charge in [0.1, 0.15) is 11.6 Å². The lowest BCUT2D eigenvalue weighted by molar-refractivity contribution is 0.322. The second-order valence-corrected chi connectivity index (χ2v) is 8.28. The summed E-state index contributed by atoms with van der Waals surface area (Å²) in [6, 6.07) is 14.5. The van der Waals surface area contributed by atoms with Gasteiger partial charge in [0.25, 0.3) is 10.1 Å². The molecule has 0 fully saturated rings. The van der Waals surface area contributed by atoms with Gasteiger partial charge in [0.05, 0.1) is 11.5 Å². The molecule has 0 unspecified atom stereocenters. The van der Waals surface area contributed by atoms with Crippen molar-refractivity contribution in [3.8, 4) is 0 Å². The lowest BCUT2D eigenvalue weighted by Crippen LogP contribution is -2.09. The molecule has 3 aromatic rings. The standard InChI is InChI=1S/C21H23N3O3S/c1-15-6-8-20(9-7-15)28(25,26)27-11-10-17-4-3-5-18(12-17)13-19-14-23-16(2)24-21(19)22/h3-9,12,14H,10-11,13H2,1-2H3,(H2,22,23,24). The summed E-state index contributed by atoms with van der Waals surface area (Å²) in [6.45, 7) is 3.78. The minimum Gasteiger partial charge on any atom is -0.383 e. The number of nitrogens with zero attached hydrogens (tertiary/aromatic N) is 2. The van der Waals surface area contributed by atoms with Crippen LogP contribution >= 0.6 is 0 Å². The first-order chi connectivity index (χ1) is 13.3. The number of aryl methyl sites for hydroxylation is 2. The van der Waals surface area contributed by atoms with Crippen LogP contribution in [0.15, 0.2) is 59.6 Å². The Kier molecular flexibility index (Phi) is 6.06. The van der Waals surface area contributed by atoms with Crippen LogP contribution in [0.5, 0.6) is 0 Å². The van der Waals surface area contributed by atoms with Gasteiger partial charge < -0.3 is 5.73 Å². The summed E-state index contributed by atoms with van der Waals surface area (Å²) in [5.41, 5.74) is 9.86. The van der Waals surface area contributed by atoms with E-state index in [-0.39, 0.29) is 11.5 Å². The van der Waals surface area contributed by atoms with E-state index in [2.05, 4.69) is 9.97 Å². The van der Waals surface area contributed by atoms with Gasteiger partial charge in [0, 0.05) is 18.2 Å². The molecule has 0 radical (unpaired) electrons. The SMILES string of the molecule is Cc1ccc(S(=O)(=O)OCCc2cccc(Cc3cnc(C)nc3N)c2)cc1. The topological polar surface area (TPSA) is 95.2 Å². The zero-order valence-corrected chi connectivity index (χ0v) is 16.7. The van der Waals surface area contributed by atoms with E-state index in [1.165, 1.54) is 0 Å². The summed E-state index contributed by atoms with van der Waals surface area (Å²) in [5.74, 6) is 1.12. The molecule has 1 heterocycles. The van der Waals surface area contributed by atoms with E-state index < -0.39 is 10.1 Å². The van der Waals surface area contributed by atoms with E-state index in [1.54, 1.807) is 37.4 Å². The van der Waals surface area contributed by atoms with Gasteiger partial charge in [-0.3, -0.25) is 4.18 Å². The number of rotatable bonds is 7. The van der Waals surface area contributed by atoms with Crippen molar-refractivity contribution >= 4 is 15.9 Å². The Morgan fingerprint density at radius 2 is 1.75 bits per heavy atom. The maximum atomic E-state index is 12.3. The van der Waals surface area contributed by atoms with Gasteiger partial charge in [-0.1, -0.05) is 42.0 Å². The minimum absolute atomic E-state index is 0.0788. The Morgan fingerprint density at radius 3 is 2.46 bits per heavy atom. The average molecular weight is 398 g/mol. The normalized spacial score (nSPS) is 11.5. The summed E-state index contributed by atoms with van der Waals surface area (Å²) < 4.78 is 29.7. The third kappa shape index (κ3) is 5.15. The molecule has 0 aliphatic rings. The average Bonchev–Trinajstić information content (AvgIpc) is 2.65. The largest absolute Gasteiger partial charge is 0.383 e. The monoisotopic (exact) mass is 397 g/mol. The van der Waals surface area contributed by atoms with Crippen LogP contribution in [-0.2, 0) is 27.1 Å². The molecule has 7 heteroatoms. The van der Waals surface area contributed by atoms with E-state index >= 15 is 0 Å². The molecular formula is C21H23N3O3S. The smallest absolute Gasteiger partial charge is 0.296 e. The zero-order chi connectivity index (χ0) is 20.1. The van der Waals surface area contributed by atoms with Crippen LogP contribution in [0.3, 0.4) is 0 Å². The molecule has 3 rings (SSSR count). The van der Waals surface area contributed by atoms with Crippen molar-refractivity contribution in [1.29, 1.82) is 0 Å². The molecule has 0 saturated heterocycles. The van der Waals surface area contributed by atoms with Crippen molar-refractivity contribution in [3.63, 3.8) is 0 Å². The number of benzene rings is 2. The molecule has 0 amide bonds. The Morgan fingerprint density at radius 1 is 1.04 bits per heavy atom. The van der Waals surface area contributed by atoms with Crippen LogP contribution in [0.25, 0.3) is 0 Å². The fourth-order valence-electron chi connectivity index (χ4n) is 2.81. The summed E-state index contributed by atoms with van der Waals surface area (Å²) in [4.78, 5) is 8.54. The van der Waals surface area contributed by atoms with E-state index in [1.807, 2.05) is 31.2 Å². The Bertz CT molecular complexity index is 1060. The summed E-state index contributed by atoms with van der Waals surface area (Å²) >= 11 is 0. The zero-order valence-electron chi connectivity index (χ0n) is 15.9. The van der Waals surface area contributed by atoms with Crippen molar-refractivity contribution in [1.82, 2.24) is 9.97 Å².